The number of aromatic amines is 1. The standard InChI is InChI=1S/C11H9ClN4O2/c12-9-4-3-7(6-14-9)10(17)15-16-11(18)8-2-1-5-13-8/h1-6,13H,(H,15,17)(H,16,18). The van der Waals surface area contributed by atoms with Crippen LogP contribution in [0.1, 0.15) is 20.8 Å². The van der Waals surface area contributed by atoms with Gasteiger partial charge in [-0.05, 0) is 24.3 Å². The first kappa shape index (κ1) is 12.1. The molecule has 0 aromatic carbocycles. The number of carbonyl (C=O) groups is 2. The van der Waals surface area contributed by atoms with Crippen molar-refractivity contribution < 1.29 is 9.59 Å². The summed E-state index contributed by atoms with van der Waals surface area (Å²) in [6.45, 7) is 0. The van der Waals surface area contributed by atoms with Crippen LogP contribution in [0.25, 0.3) is 0 Å². The lowest BCUT2D eigenvalue weighted by atomic mass is 10.3. The van der Waals surface area contributed by atoms with Crippen LogP contribution in [0.15, 0.2) is 36.7 Å². The summed E-state index contributed by atoms with van der Waals surface area (Å²) in [6.07, 6.45) is 2.93. The Morgan fingerprint density at radius 2 is 1.94 bits per heavy atom. The second-order valence-electron chi connectivity index (χ2n) is 3.36. The van der Waals surface area contributed by atoms with Gasteiger partial charge in [-0.25, -0.2) is 4.98 Å². The molecule has 0 radical (unpaired) electrons. The first-order chi connectivity index (χ1) is 8.66. The van der Waals surface area contributed by atoms with Gasteiger partial charge in [-0.2, -0.15) is 0 Å². The van der Waals surface area contributed by atoms with E-state index >= 15 is 0 Å². The van der Waals surface area contributed by atoms with E-state index in [4.69, 9.17) is 11.6 Å². The van der Waals surface area contributed by atoms with Gasteiger partial charge >= 0.3 is 0 Å². The summed E-state index contributed by atoms with van der Waals surface area (Å²) in [6, 6.07) is 6.26. The minimum absolute atomic E-state index is 0.293. The summed E-state index contributed by atoms with van der Waals surface area (Å²) >= 11 is 5.59. The zero-order chi connectivity index (χ0) is 13.0. The van der Waals surface area contributed by atoms with E-state index in [0.29, 0.717) is 16.4 Å². The molecule has 2 aromatic rings. The van der Waals surface area contributed by atoms with Crippen LogP contribution < -0.4 is 10.9 Å². The van der Waals surface area contributed by atoms with E-state index < -0.39 is 11.8 Å². The van der Waals surface area contributed by atoms with Gasteiger partial charge in [0.2, 0.25) is 0 Å². The van der Waals surface area contributed by atoms with Crippen molar-refractivity contribution in [1.82, 2.24) is 20.8 Å². The summed E-state index contributed by atoms with van der Waals surface area (Å²) in [4.78, 5) is 29.6. The third-order valence-electron chi connectivity index (χ3n) is 2.12. The molecule has 18 heavy (non-hydrogen) atoms. The van der Waals surface area contributed by atoms with Crippen LogP contribution in [-0.4, -0.2) is 21.8 Å². The van der Waals surface area contributed by atoms with Crippen LogP contribution in [0, 0.1) is 0 Å². The van der Waals surface area contributed by atoms with Gasteiger partial charge in [-0.3, -0.25) is 20.4 Å². The maximum absolute atomic E-state index is 11.6. The van der Waals surface area contributed by atoms with Crippen molar-refractivity contribution in [3.8, 4) is 0 Å². The highest BCUT2D eigenvalue weighted by atomic mass is 35.5. The number of hydrazine groups is 1. The average Bonchev–Trinajstić information content (AvgIpc) is 2.90. The van der Waals surface area contributed by atoms with E-state index in [0.717, 1.165) is 0 Å². The summed E-state index contributed by atoms with van der Waals surface area (Å²) in [5.41, 5.74) is 5.18. The van der Waals surface area contributed by atoms with Crippen molar-refractivity contribution in [3.63, 3.8) is 0 Å². The minimum Gasteiger partial charge on any atom is -0.357 e. The normalized spacial score (nSPS) is 9.83. The Labute approximate surface area is 107 Å². The number of pyridine rings is 1. The molecule has 0 saturated carbocycles. The predicted octanol–water partition coefficient (Wildman–Crippen LogP) is 1.14. The molecule has 92 valence electrons. The highest BCUT2D eigenvalue weighted by Crippen LogP contribution is 2.04. The molecule has 2 rings (SSSR count). The molecule has 0 aliphatic rings. The van der Waals surface area contributed by atoms with Crippen LogP contribution in [0.4, 0.5) is 0 Å². The Balaban J connectivity index is 1.92. The minimum atomic E-state index is -0.473. The van der Waals surface area contributed by atoms with E-state index in [-0.39, 0.29) is 0 Å². The number of nitrogens with zero attached hydrogens (tertiary/aromatic N) is 1. The molecule has 0 saturated heterocycles. The largest absolute Gasteiger partial charge is 0.357 e. The summed E-state index contributed by atoms with van der Waals surface area (Å²) < 4.78 is 0. The van der Waals surface area contributed by atoms with E-state index in [2.05, 4.69) is 20.8 Å². The Hall–Kier alpha value is -2.34. The van der Waals surface area contributed by atoms with Crippen LogP contribution in [-0.2, 0) is 0 Å². The Kier molecular flexibility index (Phi) is 3.59. The first-order valence-electron chi connectivity index (χ1n) is 5.02. The molecule has 0 atom stereocenters. The summed E-state index contributed by atoms with van der Waals surface area (Å²) in [7, 11) is 0. The number of hydrogen-bond acceptors (Lipinski definition) is 3. The number of nitrogens with one attached hydrogen (secondary N) is 3. The number of rotatable bonds is 2. The molecule has 2 amide bonds. The number of H-pyrrole nitrogens is 1. The maximum atomic E-state index is 11.6. The van der Waals surface area contributed by atoms with E-state index in [1.54, 1.807) is 18.3 Å². The van der Waals surface area contributed by atoms with Gasteiger partial charge in [0, 0.05) is 12.4 Å². The number of amides is 2. The van der Waals surface area contributed by atoms with Crippen molar-refractivity contribution in [2.24, 2.45) is 0 Å². The molecular weight excluding hydrogens is 256 g/mol. The van der Waals surface area contributed by atoms with Crippen LogP contribution in [0.2, 0.25) is 5.15 Å². The smallest absolute Gasteiger partial charge is 0.286 e. The molecule has 3 N–H and O–H groups in total. The number of hydrogen-bond donors (Lipinski definition) is 3. The van der Waals surface area contributed by atoms with Crippen molar-refractivity contribution in [2.75, 3.05) is 0 Å². The molecule has 0 bridgehead atoms. The molecule has 7 heteroatoms. The predicted molar refractivity (Wildman–Crippen MR) is 65.0 cm³/mol. The highest BCUT2D eigenvalue weighted by Gasteiger charge is 2.09. The van der Waals surface area contributed by atoms with Crippen molar-refractivity contribution in [1.29, 1.82) is 0 Å². The molecule has 6 nitrogen and oxygen atoms in total. The van der Waals surface area contributed by atoms with Crippen LogP contribution in [0.3, 0.4) is 0 Å². The van der Waals surface area contributed by atoms with Crippen LogP contribution in [0.5, 0.6) is 0 Å². The molecular formula is C11H9ClN4O2. The molecule has 0 spiro atoms. The fourth-order valence-corrected chi connectivity index (χ4v) is 1.35. The quantitative estimate of drug-likeness (QED) is 0.561. The summed E-state index contributed by atoms with van der Waals surface area (Å²) in [5.74, 6) is -0.908. The van der Waals surface area contributed by atoms with Gasteiger partial charge in [0.1, 0.15) is 10.8 Å². The van der Waals surface area contributed by atoms with E-state index in [9.17, 15) is 9.59 Å². The number of halogens is 1. The Morgan fingerprint density at radius 1 is 1.17 bits per heavy atom. The monoisotopic (exact) mass is 264 g/mol. The lowest BCUT2D eigenvalue weighted by Crippen LogP contribution is -2.41. The lowest BCUT2D eigenvalue weighted by Gasteiger charge is -2.05. The van der Waals surface area contributed by atoms with Crippen molar-refractivity contribution in [3.05, 3.63) is 53.1 Å². The van der Waals surface area contributed by atoms with E-state index in [1.807, 2.05) is 0 Å². The van der Waals surface area contributed by atoms with Gasteiger partial charge in [0.05, 0.1) is 5.56 Å². The second kappa shape index (κ2) is 5.33. The van der Waals surface area contributed by atoms with Crippen molar-refractivity contribution >= 4 is 23.4 Å². The molecule has 0 fully saturated rings. The Bertz CT molecular complexity index is 551. The van der Waals surface area contributed by atoms with Gasteiger partial charge in [-0.1, -0.05) is 11.6 Å². The zero-order valence-corrected chi connectivity index (χ0v) is 9.86. The third kappa shape index (κ3) is 2.86. The highest BCUT2D eigenvalue weighted by molar-refractivity contribution is 6.29. The van der Waals surface area contributed by atoms with Gasteiger partial charge in [-0.15, -0.1) is 0 Å². The molecule has 2 aromatic heterocycles. The molecule has 2 heterocycles. The summed E-state index contributed by atoms with van der Waals surface area (Å²) in [5, 5.41) is 0.293. The average molecular weight is 265 g/mol. The number of aromatic nitrogens is 2. The Morgan fingerprint density at radius 3 is 2.56 bits per heavy atom. The number of carbonyl (C=O) groups excluding carboxylic acids is 2. The van der Waals surface area contributed by atoms with Gasteiger partial charge in [0.25, 0.3) is 11.8 Å². The third-order valence-corrected chi connectivity index (χ3v) is 2.35. The zero-order valence-electron chi connectivity index (χ0n) is 9.11. The molecule has 0 aliphatic carbocycles. The fourth-order valence-electron chi connectivity index (χ4n) is 1.23. The molecule has 0 unspecified atom stereocenters. The van der Waals surface area contributed by atoms with Crippen molar-refractivity contribution in [2.45, 2.75) is 0 Å². The SMILES string of the molecule is O=C(NNC(=O)c1ccc[nH]1)c1ccc(Cl)nc1. The first-order valence-corrected chi connectivity index (χ1v) is 5.40. The van der Waals surface area contributed by atoms with E-state index in [1.165, 1.54) is 18.3 Å². The topological polar surface area (TPSA) is 86.9 Å². The lowest BCUT2D eigenvalue weighted by molar-refractivity contribution is 0.0844. The van der Waals surface area contributed by atoms with Crippen LogP contribution >= 0.6 is 11.6 Å². The van der Waals surface area contributed by atoms with Gasteiger partial charge < -0.3 is 4.98 Å². The molecule has 0 aliphatic heterocycles. The fraction of sp³-hybridized carbons (Fsp3) is 0. The van der Waals surface area contributed by atoms with Gasteiger partial charge in [0.15, 0.2) is 0 Å². The maximum Gasteiger partial charge on any atom is 0.286 e. The second-order valence-corrected chi connectivity index (χ2v) is 3.75.